The molecule has 48 heavy (non-hydrogen) atoms. The summed E-state index contributed by atoms with van der Waals surface area (Å²) < 4.78 is 42.1. The number of benzene rings is 2. The average molecular weight is 727 g/mol. The van der Waals surface area contributed by atoms with Crippen molar-refractivity contribution < 1.29 is 18.0 Å². The molecule has 0 bridgehead atoms. The third-order valence-corrected chi connectivity index (χ3v) is 10.5. The first-order valence-corrected chi connectivity index (χ1v) is 17.5. The van der Waals surface area contributed by atoms with Gasteiger partial charge in [-0.2, -0.15) is 18.3 Å². The molecule has 0 spiro atoms. The van der Waals surface area contributed by atoms with Gasteiger partial charge < -0.3 is 4.98 Å². The van der Waals surface area contributed by atoms with E-state index >= 15 is 0 Å². The number of halogens is 5. The fourth-order valence-electron chi connectivity index (χ4n) is 6.16. The van der Waals surface area contributed by atoms with E-state index in [0.29, 0.717) is 14.9 Å². The molecule has 7 nitrogen and oxygen atoms in total. The second-order valence-corrected chi connectivity index (χ2v) is 14.1. The highest BCUT2D eigenvalue weighted by Crippen LogP contribution is 2.45. The van der Waals surface area contributed by atoms with E-state index in [1.165, 1.54) is 16.3 Å². The number of hydrazone groups is 1. The van der Waals surface area contributed by atoms with Crippen LogP contribution in [0.2, 0.25) is 10.0 Å². The molecule has 2 aliphatic rings. The SMILES string of the molecule is O=C(CSc1nc2nc(-c3cccs3)cc(C(F)(F)F)c2c(=O)[nH]1)N1N=C2/C(=C/c3cccc(Cl)c3)CCCC2C1c1ccc(Cl)cc1. The number of nitrogens with one attached hydrogen (secondary N) is 1. The van der Waals surface area contributed by atoms with Gasteiger partial charge in [0.15, 0.2) is 10.8 Å². The van der Waals surface area contributed by atoms with E-state index in [2.05, 4.69) is 21.0 Å². The zero-order valence-electron chi connectivity index (χ0n) is 24.8. The molecular weight excluding hydrogens is 702 g/mol. The van der Waals surface area contributed by atoms with Crippen molar-refractivity contribution in [1.82, 2.24) is 20.0 Å². The number of pyridine rings is 1. The lowest BCUT2D eigenvalue weighted by Crippen LogP contribution is -2.33. The van der Waals surface area contributed by atoms with Crippen molar-refractivity contribution in [3.8, 4) is 10.6 Å². The molecule has 0 saturated heterocycles. The molecule has 5 aromatic rings. The molecule has 2 aromatic carbocycles. The van der Waals surface area contributed by atoms with Gasteiger partial charge in [-0.15, -0.1) is 11.3 Å². The molecule has 2 atom stereocenters. The third kappa shape index (κ3) is 6.54. The fraction of sp³-hybridized carbons (Fsp3) is 0.206. The Balaban J connectivity index is 1.22. The minimum absolute atomic E-state index is 0.0290. The predicted octanol–water partition coefficient (Wildman–Crippen LogP) is 9.29. The Morgan fingerprint density at radius 1 is 1.06 bits per heavy atom. The highest BCUT2D eigenvalue weighted by atomic mass is 35.5. The lowest BCUT2D eigenvalue weighted by atomic mass is 9.77. The van der Waals surface area contributed by atoms with E-state index < -0.39 is 28.7 Å². The number of thiophene rings is 1. The Morgan fingerprint density at radius 2 is 1.88 bits per heavy atom. The average Bonchev–Trinajstić information content (AvgIpc) is 3.73. The number of aromatic nitrogens is 3. The molecule has 1 amide bonds. The van der Waals surface area contributed by atoms with Crippen LogP contribution in [-0.4, -0.2) is 37.3 Å². The van der Waals surface area contributed by atoms with Crippen LogP contribution in [0.1, 0.15) is 42.0 Å². The summed E-state index contributed by atoms with van der Waals surface area (Å²) in [4.78, 5) is 38.4. The van der Waals surface area contributed by atoms with E-state index in [0.717, 1.165) is 59.5 Å². The van der Waals surface area contributed by atoms with Crippen LogP contribution in [0.25, 0.3) is 27.7 Å². The largest absolute Gasteiger partial charge is 0.417 e. The summed E-state index contributed by atoms with van der Waals surface area (Å²) in [5.74, 6) is -0.617. The molecule has 1 N–H and O–H groups in total. The maximum absolute atomic E-state index is 14.0. The summed E-state index contributed by atoms with van der Waals surface area (Å²) in [6.45, 7) is 0. The summed E-state index contributed by atoms with van der Waals surface area (Å²) in [6.07, 6.45) is -0.257. The smallest absolute Gasteiger partial charge is 0.301 e. The van der Waals surface area contributed by atoms with Gasteiger partial charge in [0.25, 0.3) is 11.5 Å². The monoisotopic (exact) mass is 725 g/mol. The summed E-state index contributed by atoms with van der Waals surface area (Å²) in [5, 5.41) is 8.56. The summed E-state index contributed by atoms with van der Waals surface area (Å²) >= 11 is 14.5. The molecule has 0 radical (unpaired) electrons. The van der Waals surface area contributed by atoms with Gasteiger partial charge in [0, 0.05) is 16.0 Å². The molecule has 1 fully saturated rings. The molecule has 1 saturated carbocycles. The van der Waals surface area contributed by atoms with Crippen molar-refractivity contribution >= 4 is 75.0 Å². The first-order chi connectivity index (χ1) is 23.0. The molecule has 14 heteroatoms. The minimum Gasteiger partial charge on any atom is -0.301 e. The zero-order chi connectivity index (χ0) is 33.6. The normalized spacial score (nSPS) is 18.7. The number of hydrogen-bond donors (Lipinski definition) is 1. The topological polar surface area (TPSA) is 91.3 Å². The second-order valence-electron chi connectivity index (χ2n) is 11.3. The standard InChI is InChI=1S/C34H24Cl2F3N5O2S2/c35-21-11-9-19(10-12-21)30-23-7-2-5-20(14-18-4-1-6-22(36)15-18)29(23)43-44(30)27(45)17-48-33-41-31-28(32(46)42-33)24(34(37,38)39)16-25(40-31)26-8-3-13-47-26/h1,3-4,6,8-16,23,30H,2,5,7,17H2,(H,40,41,42,46)/b20-14+. The highest BCUT2D eigenvalue weighted by Gasteiger charge is 2.43. The van der Waals surface area contributed by atoms with Crippen molar-refractivity contribution in [1.29, 1.82) is 0 Å². The Hall–Kier alpha value is -3.97. The molecule has 244 valence electrons. The van der Waals surface area contributed by atoms with Gasteiger partial charge in [0.1, 0.15) is 0 Å². The van der Waals surface area contributed by atoms with Crippen molar-refractivity contribution in [3.63, 3.8) is 0 Å². The van der Waals surface area contributed by atoms with E-state index in [1.807, 2.05) is 30.3 Å². The molecule has 7 rings (SSSR count). The van der Waals surface area contributed by atoms with Gasteiger partial charge in [0.2, 0.25) is 0 Å². The zero-order valence-corrected chi connectivity index (χ0v) is 27.9. The molecule has 2 unspecified atom stereocenters. The number of amides is 1. The van der Waals surface area contributed by atoms with Crippen molar-refractivity contribution in [3.05, 3.63) is 115 Å². The van der Waals surface area contributed by atoms with Crippen LogP contribution in [-0.2, 0) is 11.0 Å². The Kier molecular flexibility index (Phi) is 8.92. The van der Waals surface area contributed by atoms with E-state index in [1.54, 1.807) is 35.7 Å². The summed E-state index contributed by atoms with van der Waals surface area (Å²) in [7, 11) is 0. The van der Waals surface area contributed by atoms with Gasteiger partial charge in [-0.05, 0) is 83.8 Å². The number of alkyl halides is 3. The van der Waals surface area contributed by atoms with Crippen LogP contribution in [0.15, 0.2) is 92.7 Å². The number of nitrogens with zero attached hydrogens (tertiary/aromatic N) is 4. The van der Waals surface area contributed by atoms with Crippen LogP contribution in [0.3, 0.4) is 0 Å². The lowest BCUT2D eigenvalue weighted by Gasteiger charge is -2.29. The third-order valence-electron chi connectivity index (χ3n) is 8.22. The Morgan fingerprint density at radius 3 is 2.60 bits per heavy atom. The Bertz CT molecular complexity index is 2150. The molecular formula is C34H24Cl2F3N5O2S2. The number of thioether (sulfide) groups is 1. The number of hydrogen-bond acceptors (Lipinski definition) is 7. The van der Waals surface area contributed by atoms with Gasteiger partial charge in [-0.1, -0.05) is 65.3 Å². The van der Waals surface area contributed by atoms with Crippen LogP contribution >= 0.6 is 46.3 Å². The van der Waals surface area contributed by atoms with Gasteiger partial charge in [-0.25, -0.2) is 15.0 Å². The van der Waals surface area contributed by atoms with Gasteiger partial charge in [0.05, 0.1) is 39.0 Å². The number of rotatable bonds is 6. The second kappa shape index (κ2) is 13.1. The number of carbonyl (C=O) groups excluding carboxylic acids is 1. The van der Waals surface area contributed by atoms with E-state index in [9.17, 15) is 22.8 Å². The number of carbonyl (C=O) groups is 1. The lowest BCUT2D eigenvalue weighted by molar-refractivity contribution is -0.136. The van der Waals surface area contributed by atoms with Crippen LogP contribution in [0.5, 0.6) is 0 Å². The number of fused-ring (bicyclic) bond motifs is 2. The number of allylic oxidation sites excluding steroid dienone is 1. The maximum atomic E-state index is 14.0. The summed E-state index contributed by atoms with van der Waals surface area (Å²) in [6, 6.07) is 18.6. The van der Waals surface area contributed by atoms with Gasteiger partial charge in [-0.3, -0.25) is 9.59 Å². The highest BCUT2D eigenvalue weighted by molar-refractivity contribution is 7.99. The van der Waals surface area contributed by atoms with Crippen LogP contribution in [0, 0.1) is 5.92 Å². The van der Waals surface area contributed by atoms with Crippen molar-refractivity contribution in [2.45, 2.75) is 36.6 Å². The number of H-pyrrole nitrogens is 1. The number of aromatic amines is 1. The predicted molar refractivity (Wildman–Crippen MR) is 184 cm³/mol. The first-order valence-electron chi connectivity index (χ1n) is 14.9. The van der Waals surface area contributed by atoms with Crippen LogP contribution < -0.4 is 5.56 Å². The quantitative estimate of drug-likeness (QED) is 0.139. The molecule has 1 aliphatic heterocycles. The van der Waals surface area contributed by atoms with Crippen molar-refractivity contribution in [2.24, 2.45) is 11.0 Å². The van der Waals surface area contributed by atoms with Crippen molar-refractivity contribution in [2.75, 3.05) is 5.75 Å². The fourth-order valence-corrected chi connectivity index (χ4v) is 7.88. The van der Waals surface area contributed by atoms with E-state index in [-0.39, 0.29) is 34.1 Å². The minimum atomic E-state index is -4.81. The molecule has 4 heterocycles. The van der Waals surface area contributed by atoms with E-state index in [4.69, 9.17) is 28.3 Å². The molecule has 1 aliphatic carbocycles. The summed E-state index contributed by atoms with van der Waals surface area (Å²) in [5.41, 5.74) is 1.22. The van der Waals surface area contributed by atoms with Crippen LogP contribution in [0.4, 0.5) is 13.2 Å². The van der Waals surface area contributed by atoms with Gasteiger partial charge >= 0.3 is 6.18 Å². The first kappa shape index (κ1) is 32.6. The molecule has 3 aromatic heterocycles. The maximum Gasteiger partial charge on any atom is 0.417 e. The Labute approximate surface area is 290 Å².